The fourth-order valence-electron chi connectivity index (χ4n) is 6.71. The quantitative estimate of drug-likeness (QED) is 0.167. The first-order chi connectivity index (χ1) is 21.1. The van der Waals surface area contributed by atoms with Crippen LogP contribution in [-0.4, -0.2) is 21.5 Å². The standard InChI is InChI=1S/C38H33N4OS.Pt/c1-37(2,3)33-22-39-36(44-33)42-31-17-10-8-14-27(31)28-19-18-26(21-32(28)42)43-25-13-11-12-24(20-25)41-23-40(6)35-34(41)29-15-7-9-16-30(29)38(35,4)5;/h7-19,22-23H,1-6H3;/q-3;. The Bertz CT molecular complexity index is 2130. The first-order valence-electron chi connectivity index (χ1n) is 15.0. The van der Waals surface area contributed by atoms with E-state index in [2.05, 4.69) is 135 Å². The maximum Gasteiger partial charge on any atom is 0.192 e. The molecule has 0 radical (unpaired) electrons. The number of hydrogen-bond acceptors (Lipinski definition) is 5. The first-order valence-corrected chi connectivity index (χ1v) is 15.8. The van der Waals surface area contributed by atoms with Crippen molar-refractivity contribution in [2.24, 2.45) is 0 Å². The fourth-order valence-corrected chi connectivity index (χ4v) is 7.71. The van der Waals surface area contributed by atoms with Gasteiger partial charge in [-0.25, -0.2) is 4.98 Å². The molecule has 8 rings (SSSR count). The molecule has 0 N–H and O–H groups in total. The number of ether oxygens (including phenoxy) is 1. The maximum absolute atomic E-state index is 6.47. The fraction of sp³-hybridized carbons (Fsp3) is 0.211. The van der Waals surface area contributed by atoms with E-state index in [1.165, 1.54) is 32.8 Å². The van der Waals surface area contributed by atoms with Crippen LogP contribution >= 0.6 is 11.3 Å². The molecule has 0 unspecified atom stereocenters. The summed E-state index contributed by atoms with van der Waals surface area (Å²) in [6.07, 6.45) is 2.00. The third-order valence-electron chi connectivity index (χ3n) is 8.77. The van der Waals surface area contributed by atoms with Crippen molar-refractivity contribution in [3.05, 3.63) is 126 Å². The Balaban J connectivity index is 0.00000325. The van der Waals surface area contributed by atoms with Gasteiger partial charge >= 0.3 is 0 Å². The smallest absolute Gasteiger partial charge is 0.192 e. The van der Waals surface area contributed by atoms with Crippen LogP contribution in [-0.2, 0) is 31.9 Å². The van der Waals surface area contributed by atoms with E-state index < -0.39 is 0 Å². The van der Waals surface area contributed by atoms with Crippen LogP contribution in [0.5, 0.6) is 11.5 Å². The van der Waals surface area contributed by atoms with E-state index >= 15 is 0 Å². The summed E-state index contributed by atoms with van der Waals surface area (Å²) < 4.78 is 8.68. The molecule has 3 heterocycles. The summed E-state index contributed by atoms with van der Waals surface area (Å²) in [6, 6.07) is 34.5. The third-order valence-corrected chi connectivity index (χ3v) is 10.2. The topological polar surface area (TPSA) is 33.5 Å². The predicted molar refractivity (Wildman–Crippen MR) is 180 cm³/mol. The van der Waals surface area contributed by atoms with Crippen molar-refractivity contribution < 1.29 is 25.8 Å². The second kappa shape index (κ2) is 10.6. The summed E-state index contributed by atoms with van der Waals surface area (Å²) in [5.74, 6) is 1.28. The van der Waals surface area contributed by atoms with Crippen LogP contribution in [0.1, 0.15) is 50.6 Å². The molecule has 45 heavy (non-hydrogen) atoms. The number of fused-ring (bicyclic) bond motifs is 5. The van der Waals surface area contributed by atoms with E-state index in [0.29, 0.717) is 11.5 Å². The molecule has 0 bridgehead atoms. The van der Waals surface area contributed by atoms with Crippen LogP contribution in [0.3, 0.4) is 0 Å². The third kappa shape index (κ3) is 4.64. The van der Waals surface area contributed by atoms with Crippen molar-refractivity contribution in [3.8, 4) is 16.6 Å². The number of nitrogens with zero attached hydrogens (tertiary/aromatic N) is 4. The van der Waals surface area contributed by atoms with Gasteiger partial charge in [0.1, 0.15) is 0 Å². The molecule has 1 aliphatic heterocycles. The van der Waals surface area contributed by atoms with Crippen molar-refractivity contribution >= 4 is 44.5 Å². The second-order valence-corrected chi connectivity index (χ2v) is 14.2. The molecule has 230 valence electrons. The van der Waals surface area contributed by atoms with E-state index in [-0.39, 0.29) is 31.9 Å². The average molecular weight is 789 g/mol. The van der Waals surface area contributed by atoms with Crippen LogP contribution < -0.4 is 9.64 Å². The van der Waals surface area contributed by atoms with Crippen LogP contribution in [0.2, 0.25) is 0 Å². The SMILES string of the molecule is CN1[CH-]N(c2[c-]c(Oc3[c-]c4c(cc3)c3ccccc3n4-c3ncc(C(C)(C)C)s3)ccc2)C2=C1C(C)(C)c1ccccc12.[Pt]. The molecule has 2 aromatic heterocycles. The average Bonchev–Trinajstić information content (AvgIpc) is 3.75. The van der Waals surface area contributed by atoms with Crippen LogP contribution in [0.4, 0.5) is 5.69 Å². The van der Waals surface area contributed by atoms with Crippen molar-refractivity contribution in [2.45, 2.75) is 45.4 Å². The summed E-state index contributed by atoms with van der Waals surface area (Å²) in [5, 5.41) is 3.22. The number of benzene rings is 4. The van der Waals surface area contributed by atoms with Gasteiger partial charge in [-0.2, -0.15) is 18.8 Å². The summed E-state index contributed by atoms with van der Waals surface area (Å²) in [4.78, 5) is 10.6. The minimum Gasteiger partial charge on any atom is -0.509 e. The molecule has 0 saturated carbocycles. The number of allylic oxidation sites excluding steroid dienone is 1. The van der Waals surface area contributed by atoms with E-state index in [9.17, 15) is 0 Å². The Morgan fingerprint density at radius 1 is 0.867 bits per heavy atom. The van der Waals surface area contributed by atoms with E-state index in [1.807, 2.05) is 24.4 Å². The van der Waals surface area contributed by atoms with Crippen molar-refractivity contribution in [3.63, 3.8) is 0 Å². The molecule has 0 saturated heterocycles. The molecule has 0 fully saturated rings. The van der Waals surface area contributed by atoms with Crippen molar-refractivity contribution in [1.82, 2.24) is 14.5 Å². The Kier molecular flexibility index (Phi) is 7.03. The number of para-hydroxylation sites is 1. The van der Waals surface area contributed by atoms with Gasteiger partial charge in [0.2, 0.25) is 0 Å². The van der Waals surface area contributed by atoms with Crippen LogP contribution in [0.15, 0.2) is 90.8 Å². The van der Waals surface area contributed by atoms with Gasteiger partial charge in [0, 0.05) is 71.5 Å². The molecule has 4 aromatic carbocycles. The molecular formula is C38H33N4OPtS-3. The van der Waals surface area contributed by atoms with Gasteiger partial charge in [0.05, 0.1) is 0 Å². The van der Waals surface area contributed by atoms with Gasteiger partial charge in [0.25, 0.3) is 0 Å². The molecule has 0 atom stereocenters. The van der Waals surface area contributed by atoms with Crippen LogP contribution in [0, 0.1) is 18.8 Å². The first kappa shape index (κ1) is 29.8. The predicted octanol–water partition coefficient (Wildman–Crippen LogP) is 9.46. The van der Waals surface area contributed by atoms with Gasteiger partial charge in [-0.05, 0) is 29.5 Å². The Morgan fingerprint density at radius 2 is 1.62 bits per heavy atom. The molecule has 0 amide bonds. The largest absolute Gasteiger partial charge is 0.509 e. The molecule has 5 nitrogen and oxygen atoms in total. The molecule has 6 aromatic rings. The Labute approximate surface area is 283 Å². The molecule has 2 aliphatic rings. The van der Waals surface area contributed by atoms with Gasteiger partial charge in [0.15, 0.2) is 5.13 Å². The summed E-state index contributed by atoms with van der Waals surface area (Å²) >= 11 is 1.72. The molecular weight excluding hydrogens is 756 g/mol. The maximum atomic E-state index is 6.47. The van der Waals surface area contributed by atoms with E-state index in [1.54, 1.807) is 11.3 Å². The zero-order valence-corrected chi connectivity index (χ0v) is 29.2. The second-order valence-electron chi connectivity index (χ2n) is 13.2. The zero-order chi connectivity index (χ0) is 30.4. The van der Waals surface area contributed by atoms with E-state index in [4.69, 9.17) is 9.72 Å². The van der Waals surface area contributed by atoms with Gasteiger partial charge in [-0.3, -0.25) is 0 Å². The number of anilines is 1. The number of aromatic nitrogens is 2. The summed E-state index contributed by atoms with van der Waals surface area (Å²) in [5.41, 5.74) is 8.03. The van der Waals surface area contributed by atoms with Crippen LogP contribution in [0.25, 0.3) is 32.6 Å². The number of rotatable bonds is 4. The normalized spacial score (nSPS) is 15.5. The van der Waals surface area contributed by atoms with E-state index in [0.717, 1.165) is 27.2 Å². The Morgan fingerprint density at radius 3 is 2.42 bits per heavy atom. The van der Waals surface area contributed by atoms with Gasteiger partial charge < -0.3 is 19.1 Å². The minimum atomic E-state index is -0.0894. The van der Waals surface area contributed by atoms with Crippen molar-refractivity contribution in [2.75, 3.05) is 11.9 Å². The number of likely N-dealkylation sites (N-methyl/N-ethyl adjacent to an activating group) is 1. The summed E-state index contributed by atoms with van der Waals surface area (Å²) in [6.45, 7) is 13.4. The molecule has 7 heteroatoms. The zero-order valence-electron chi connectivity index (χ0n) is 26.1. The monoisotopic (exact) mass is 788 g/mol. The molecule has 1 aliphatic carbocycles. The number of hydrogen-bond donors (Lipinski definition) is 0. The van der Waals surface area contributed by atoms with Gasteiger partial charge in [-0.1, -0.05) is 82.6 Å². The minimum absolute atomic E-state index is 0. The Hall–Kier alpha value is -3.86. The number of thiazole rings is 1. The summed E-state index contributed by atoms with van der Waals surface area (Å²) in [7, 11) is 2.12. The molecule has 0 spiro atoms. The van der Waals surface area contributed by atoms with Crippen molar-refractivity contribution in [1.29, 1.82) is 0 Å². The van der Waals surface area contributed by atoms with Gasteiger partial charge in [-0.15, -0.1) is 52.7 Å².